The van der Waals surface area contributed by atoms with Crippen LogP contribution < -0.4 is 15.5 Å². The van der Waals surface area contributed by atoms with Crippen LogP contribution in [0.15, 0.2) is 48.8 Å². The van der Waals surface area contributed by atoms with E-state index < -0.39 is 0 Å². The summed E-state index contributed by atoms with van der Waals surface area (Å²) in [6.07, 6.45) is 3.76. The molecular weight excluding hydrogens is 268 g/mol. The first-order chi connectivity index (χ1) is 9.33. The first kappa shape index (κ1) is 16.9. The number of piperazine rings is 1. The molecule has 2 heterocycles. The van der Waals surface area contributed by atoms with Gasteiger partial charge in [0.15, 0.2) is 0 Å². The third-order valence-corrected chi connectivity index (χ3v) is 3.59. The van der Waals surface area contributed by atoms with E-state index in [9.17, 15) is 0 Å². The molecule has 1 aromatic carbocycles. The predicted molar refractivity (Wildman–Crippen MR) is 83.2 cm³/mol. The minimum Gasteiger partial charge on any atom is -0.870 e. The van der Waals surface area contributed by atoms with Crippen LogP contribution in [0.1, 0.15) is 0 Å². The van der Waals surface area contributed by atoms with Crippen molar-refractivity contribution in [3.63, 3.8) is 0 Å². The number of aromatic nitrogens is 1. The lowest BCUT2D eigenvalue weighted by Gasteiger charge is -2.37. The molecule has 1 saturated heterocycles. The maximum atomic E-state index is 4.18. The highest BCUT2D eigenvalue weighted by Crippen LogP contribution is 2.20. The van der Waals surface area contributed by atoms with Gasteiger partial charge in [0.25, 0.3) is 0 Å². The lowest BCUT2D eigenvalue weighted by molar-refractivity contribution is -0.254. The van der Waals surface area contributed by atoms with E-state index in [4.69, 9.17) is 0 Å². The fourth-order valence-electron chi connectivity index (χ4n) is 2.47. The summed E-state index contributed by atoms with van der Waals surface area (Å²) < 4.78 is 0. The summed E-state index contributed by atoms with van der Waals surface area (Å²) in [4.78, 5) is 9.00. The summed E-state index contributed by atoms with van der Waals surface area (Å²) in [7, 11) is 0. The summed E-state index contributed by atoms with van der Waals surface area (Å²) in [6, 6.07) is 12.6. The normalized spacial score (nSPS) is 14.1. The van der Waals surface area contributed by atoms with Gasteiger partial charge in [0.2, 0.25) is 0 Å². The standard InChI is InChI=1S/C15H18N4.2H2O/c16-13-3-5-14(6-4-13)18-8-10-19(11-9-18)15-2-1-7-17-12-15;;/h1-7,12H,8-11,16H2;2*1H2. The van der Waals surface area contributed by atoms with E-state index in [0.29, 0.717) is 0 Å². The largest absolute Gasteiger partial charge is 0.870 e. The number of hydrogen-bond donors (Lipinski definition) is 1. The van der Waals surface area contributed by atoms with Gasteiger partial charge < -0.3 is 26.5 Å². The van der Waals surface area contributed by atoms with Gasteiger partial charge in [0, 0.05) is 50.2 Å². The zero-order chi connectivity index (χ0) is 13.1. The molecule has 2 aromatic rings. The second kappa shape index (κ2) is 7.58. The Morgan fingerprint density at radius 3 is 1.95 bits per heavy atom. The predicted octanol–water partition coefficient (Wildman–Crippen LogP) is 0.280. The van der Waals surface area contributed by atoms with Crippen LogP contribution in [-0.2, 0) is 0 Å². The minimum atomic E-state index is 0. The minimum absolute atomic E-state index is 0. The summed E-state index contributed by atoms with van der Waals surface area (Å²) in [6.45, 7) is 4.17. The maximum absolute atomic E-state index is 4.18. The van der Waals surface area contributed by atoms with Gasteiger partial charge in [-0.25, -0.2) is 0 Å². The number of anilines is 2. The number of benzene rings is 1. The third kappa shape index (κ3) is 3.91. The van der Waals surface area contributed by atoms with Gasteiger partial charge in [-0.2, -0.15) is 0 Å². The Morgan fingerprint density at radius 2 is 1.43 bits per heavy atom. The second-order valence-corrected chi connectivity index (χ2v) is 4.85. The Balaban J connectivity index is 0.00000110. The number of rotatable bonds is 2. The van der Waals surface area contributed by atoms with Crippen LogP contribution in [0.25, 0.3) is 0 Å². The Labute approximate surface area is 124 Å². The smallest absolute Gasteiger partial charge is 0.128 e. The summed E-state index contributed by atoms with van der Waals surface area (Å²) >= 11 is 0. The van der Waals surface area contributed by atoms with Crippen LogP contribution in [0.4, 0.5) is 17.1 Å². The topological polar surface area (TPSA) is 109 Å². The van der Waals surface area contributed by atoms with Gasteiger partial charge in [-0.3, -0.25) is 4.98 Å². The van der Waals surface area contributed by atoms with Crippen molar-refractivity contribution >= 4 is 17.1 Å². The van der Waals surface area contributed by atoms with Gasteiger partial charge in [-0.15, -0.1) is 0 Å². The molecule has 0 radical (unpaired) electrons. The molecule has 0 amide bonds. The van der Waals surface area contributed by atoms with Crippen molar-refractivity contribution in [3.8, 4) is 0 Å². The Hall–Kier alpha value is -2.15. The molecule has 1 fully saturated rings. The van der Waals surface area contributed by atoms with Crippen molar-refractivity contribution in [2.24, 2.45) is 0 Å². The molecule has 3 rings (SSSR count). The number of pyridine rings is 1. The molecular formula is C15H22N4O2. The average Bonchev–Trinajstić information content (AvgIpc) is 2.49. The Kier molecular flexibility index (Phi) is 6.10. The van der Waals surface area contributed by atoms with Crippen molar-refractivity contribution in [3.05, 3.63) is 48.8 Å². The zero-order valence-corrected chi connectivity index (χ0v) is 11.9. The number of nitrogens with zero attached hydrogens (tertiary/aromatic N) is 3. The van der Waals surface area contributed by atoms with E-state index in [2.05, 4.69) is 50.8 Å². The molecule has 6 nitrogen and oxygen atoms in total. The van der Waals surface area contributed by atoms with Gasteiger partial charge >= 0.3 is 0 Å². The lowest BCUT2D eigenvalue weighted by atomic mass is 10.2. The fraction of sp³-hybridized carbons (Fsp3) is 0.267. The van der Waals surface area contributed by atoms with Crippen LogP contribution in [0, 0.1) is 0 Å². The SMILES string of the molecule is O.[NH3+]c1ccc(N2CCN(c3cccnc3)CC2)cc1.[OH-]. The van der Waals surface area contributed by atoms with Crippen molar-refractivity contribution in [1.82, 2.24) is 4.98 Å². The molecule has 0 saturated carbocycles. The molecule has 0 atom stereocenters. The van der Waals surface area contributed by atoms with Crippen LogP contribution in [-0.4, -0.2) is 42.1 Å². The molecule has 1 aromatic heterocycles. The monoisotopic (exact) mass is 290 g/mol. The summed E-state index contributed by atoms with van der Waals surface area (Å²) in [5.41, 5.74) is 7.50. The number of hydrogen-bond acceptors (Lipinski definition) is 4. The fourth-order valence-corrected chi connectivity index (χ4v) is 2.47. The van der Waals surface area contributed by atoms with E-state index in [1.165, 1.54) is 11.4 Å². The lowest BCUT2D eigenvalue weighted by Crippen LogP contribution is -2.46. The first-order valence-corrected chi connectivity index (χ1v) is 6.65. The second-order valence-electron chi connectivity index (χ2n) is 4.85. The first-order valence-electron chi connectivity index (χ1n) is 6.65. The molecule has 114 valence electrons. The van der Waals surface area contributed by atoms with Crippen molar-refractivity contribution < 1.29 is 16.7 Å². The molecule has 0 bridgehead atoms. The molecule has 1 aliphatic rings. The van der Waals surface area contributed by atoms with Crippen LogP contribution >= 0.6 is 0 Å². The molecule has 0 unspecified atom stereocenters. The molecule has 6 heteroatoms. The average molecular weight is 290 g/mol. The zero-order valence-electron chi connectivity index (χ0n) is 11.9. The highest BCUT2D eigenvalue weighted by molar-refractivity contribution is 5.53. The van der Waals surface area contributed by atoms with Crippen molar-refractivity contribution in [2.75, 3.05) is 36.0 Å². The van der Waals surface area contributed by atoms with E-state index in [0.717, 1.165) is 31.9 Å². The third-order valence-electron chi connectivity index (χ3n) is 3.59. The van der Waals surface area contributed by atoms with E-state index >= 15 is 0 Å². The summed E-state index contributed by atoms with van der Waals surface area (Å²) in [5.74, 6) is 0. The van der Waals surface area contributed by atoms with E-state index in [1.807, 2.05) is 18.5 Å². The van der Waals surface area contributed by atoms with Crippen molar-refractivity contribution in [2.45, 2.75) is 0 Å². The molecule has 0 aliphatic carbocycles. The molecule has 0 spiro atoms. The molecule has 21 heavy (non-hydrogen) atoms. The highest BCUT2D eigenvalue weighted by Gasteiger charge is 2.17. The van der Waals surface area contributed by atoms with Crippen LogP contribution in [0.5, 0.6) is 0 Å². The molecule has 6 N–H and O–H groups in total. The van der Waals surface area contributed by atoms with Gasteiger partial charge in [-0.1, -0.05) is 0 Å². The molecule has 1 aliphatic heterocycles. The maximum Gasteiger partial charge on any atom is 0.128 e. The van der Waals surface area contributed by atoms with Gasteiger partial charge in [0.1, 0.15) is 5.69 Å². The highest BCUT2D eigenvalue weighted by atomic mass is 16.0. The van der Waals surface area contributed by atoms with E-state index in [-0.39, 0.29) is 11.0 Å². The Bertz CT molecular complexity index is 525. The van der Waals surface area contributed by atoms with Gasteiger partial charge in [-0.05, 0) is 24.3 Å². The van der Waals surface area contributed by atoms with Crippen LogP contribution in [0.3, 0.4) is 0 Å². The Morgan fingerprint density at radius 1 is 0.857 bits per heavy atom. The quantitative estimate of drug-likeness (QED) is 0.856. The van der Waals surface area contributed by atoms with E-state index in [1.54, 1.807) is 0 Å². The van der Waals surface area contributed by atoms with Crippen LogP contribution in [0.2, 0.25) is 0 Å². The van der Waals surface area contributed by atoms with Gasteiger partial charge in [0.05, 0.1) is 11.9 Å². The summed E-state index contributed by atoms with van der Waals surface area (Å²) in [5, 5.41) is 0. The van der Waals surface area contributed by atoms with Crippen molar-refractivity contribution in [1.29, 1.82) is 0 Å². The number of quaternary nitrogens is 1.